The van der Waals surface area contributed by atoms with Crippen LogP contribution in [0.2, 0.25) is 0 Å². The predicted molar refractivity (Wildman–Crippen MR) is 62.0 cm³/mol. The first-order chi connectivity index (χ1) is 8.10. The maximum absolute atomic E-state index is 13.6. The second-order valence-electron chi connectivity index (χ2n) is 3.68. The van der Waals surface area contributed by atoms with Gasteiger partial charge in [0.25, 0.3) is 0 Å². The van der Waals surface area contributed by atoms with Crippen LogP contribution in [0.4, 0.5) is 14.5 Å². The predicted octanol–water partition coefficient (Wildman–Crippen LogP) is 1.93. The van der Waals surface area contributed by atoms with Crippen molar-refractivity contribution in [3.8, 4) is 0 Å². The number of benzene rings is 1. The van der Waals surface area contributed by atoms with Crippen LogP contribution in [0.15, 0.2) is 12.1 Å². The van der Waals surface area contributed by atoms with E-state index in [4.69, 9.17) is 9.84 Å². The van der Waals surface area contributed by atoms with Crippen molar-refractivity contribution < 1.29 is 18.6 Å². The van der Waals surface area contributed by atoms with E-state index in [0.29, 0.717) is 19.8 Å². The minimum atomic E-state index is -0.673. The first-order valence-electron chi connectivity index (χ1n) is 5.47. The molecular formula is C12H17F2NO2. The fourth-order valence-corrected chi connectivity index (χ4v) is 1.53. The normalized spacial score (nSPS) is 10.6. The number of hydrogen-bond donors (Lipinski definition) is 1. The van der Waals surface area contributed by atoms with E-state index in [-0.39, 0.29) is 17.9 Å². The Morgan fingerprint density at radius 1 is 1.29 bits per heavy atom. The standard InChI is InChI=1S/C12H17F2NO2/c1-3-17-5-4-15(2)12-10(13)6-9(8-16)7-11(12)14/h6-7,16H,3-5,8H2,1-2H3. The monoisotopic (exact) mass is 245 g/mol. The molecule has 1 rings (SSSR count). The van der Waals surface area contributed by atoms with Crippen molar-refractivity contribution in [3.05, 3.63) is 29.3 Å². The molecule has 0 aliphatic rings. The van der Waals surface area contributed by atoms with Crippen LogP contribution >= 0.6 is 0 Å². The highest BCUT2D eigenvalue weighted by atomic mass is 19.1. The number of anilines is 1. The molecule has 0 bridgehead atoms. The van der Waals surface area contributed by atoms with Crippen molar-refractivity contribution in [2.45, 2.75) is 13.5 Å². The largest absolute Gasteiger partial charge is 0.392 e. The number of nitrogens with zero attached hydrogens (tertiary/aromatic N) is 1. The third-order valence-electron chi connectivity index (χ3n) is 2.42. The molecule has 17 heavy (non-hydrogen) atoms. The van der Waals surface area contributed by atoms with Gasteiger partial charge in [0.1, 0.15) is 17.3 Å². The van der Waals surface area contributed by atoms with Crippen LogP contribution in [0, 0.1) is 11.6 Å². The SMILES string of the molecule is CCOCCN(C)c1c(F)cc(CO)cc1F. The zero-order chi connectivity index (χ0) is 12.8. The second-order valence-corrected chi connectivity index (χ2v) is 3.68. The van der Waals surface area contributed by atoms with Crippen molar-refractivity contribution in [3.63, 3.8) is 0 Å². The Bertz CT molecular complexity index is 349. The smallest absolute Gasteiger partial charge is 0.149 e. The van der Waals surface area contributed by atoms with Gasteiger partial charge in [-0.05, 0) is 24.6 Å². The van der Waals surface area contributed by atoms with Gasteiger partial charge in [0.05, 0.1) is 13.2 Å². The van der Waals surface area contributed by atoms with Gasteiger partial charge in [0.15, 0.2) is 0 Å². The van der Waals surface area contributed by atoms with Crippen LogP contribution in [0.25, 0.3) is 0 Å². The molecule has 0 amide bonds. The lowest BCUT2D eigenvalue weighted by Gasteiger charge is -2.20. The highest BCUT2D eigenvalue weighted by Crippen LogP contribution is 2.23. The van der Waals surface area contributed by atoms with E-state index < -0.39 is 11.6 Å². The van der Waals surface area contributed by atoms with E-state index in [9.17, 15) is 8.78 Å². The van der Waals surface area contributed by atoms with Gasteiger partial charge in [-0.15, -0.1) is 0 Å². The van der Waals surface area contributed by atoms with Crippen LogP contribution in [0.3, 0.4) is 0 Å². The third kappa shape index (κ3) is 3.64. The molecule has 0 radical (unpaired) electrons. The lowest BCUT2D eigenvalue weighted by molar-refractivity contribution is 0.154. The lowest BCUT2D eigenvalue weighted by atomic mass is 10.2. The Hall–Kier alpha value is -1.20. The van der Waals surface area contributed by atoms with E-state index in [1.54, 1.807) is 7.05 Å². The number of halogens is 2. The molecule has 0 saturated carbocycles. The third-order valence-corrected chi connectivity index (χ3v) is 2.42. The van der Waals surface area contributed by atoms with E-state index in [1.165, 1.54) is 4.90 Å². The number of rotatable bonds is 6. The van der Waals surface area contributed by atoms with Gasteiger partial charge in [-0.3, -0.25) is 0 Å². The molecule has 0 spiro atoms. The first kappa shape index (κ1) is 13.9. The summed E-state index contributed by atoms with van der Waals surface area (Å²) in [6, 6.07) is 2.27. The van der Waals surface area contributed by atoms with Crippen molar-refractivity contribution in [2.24, 2.45) is 0 Å². The lowest BCUT2D eigenvalue weighted by Crippen LogP contribution is -2.24. The van der Waals surface area contributed by atoms with Gasteiger partial charge >= 0.3 is 0 Å². The molecule has 5 heteroatoms. The number of aliphatic hydroxyl groups is 1. The zero-order valence-electron chi connectivity index (χ0n) is 10.0. The van der Waals surface area contributed by atoms with Crippen molar-refractivity contribution >= 4 is 5.69 Å². The molecule has 1 aromatic rings. The summed E-state index contributed by atoms with van der Waals surface area (Å²) in [5, 5.41) is 8.82. The van der Waals surface area contributed by atoms with Gasteiger partial charge in [0.2, 0.25) is 0 Å². The summed E-state index contributed by atoms with van der Waals surface area (Å²) in [5.41, 5.74) is 0.129. The van der Waals surface area contributed by atoms with Gasteiger partial charge in [-0.25, -0.2) is 8.78 Å². The maximum atomic E-state index is 13.6. The van der Waals surface area contributed by atoms with Crippen LogP contribution in [0.1, 0.15) is 12.5 Å². The summed E-state index contributed by atoms with van der Waals surface area (Å²) in [6.07, 6.45) is 0. The summed E-state index contributed by atoms with van der Waals surface area (Å²) in [7, 11) is 1.60. The molecule has 0 fully saturated rings. The minimum absolute atomic E-state index is 0.0955. The maximum Gasteiger partial charge on any atom is 0.149 e. The van der Waals surface area contributed by atoms with E-state index in [1.807, 2.05) is 6.92 Å². The van der Waals surface area contributed by atoms with Gasteiger partial charge in [-0.2, -0.15) is 0 Å². The molecule has 3 nitrogen and oxygen atoms in total. The second kappa shape index (κ2) is 6.51. The van der Waals surface area contributed by atoms with Crippen molar-refractivity contribution in [1.29, 1.82) is 0 Å². The Morgan fingerprint density at radius 3 is 2.35 bits per heavy atom. The molecule has 0 atom stereocenters. The highest BCUT2D eigenvalue weighted by Gasteiger charge is 2.14. The molecule has 0 heterocycles. The number of aliphatic hydroxyl groups excluding tert-OH is 1. The number of likely N-dealkylation sites (N-methyl/N-ethyl adjacent to an activating group) is 1. The Balaban J connectivity index is 2.82. The van der Waals surface area contributed by atoms with Gasteiger partial charge < -0.3 is 14.7 Å². The van der Waals surface area contributed by atoms with E-state index >= 15 is 0 Å². The van der Waals surface area contributed by atoms with Crippen LogP contribution in [0.5, 0.6) is 0 Å². The van der Waals surface area contributed by atoms with E-state index in [0.717, 1.165) is 12.1 Å². The van der Waals surface area contributed by atoms with Crippen LogP contribution < -0.4 is 4.90 Å². The fraction of sp³-hybridized carbons (Fsp3) is 0.500. The van der Waals surface area contributed by atoms with Gasteiger partial charge in [0, 0.05) is 20.2 Å². The summed E-state index contributed by atoms with van der Waals surface area (Å²) in [5.74, 6) is -1.35. The molecule has 0 unspecified atom stereocenters. The summed E-state index contributed by atoms with van der Waals surface area (Å²) < 4.78 is 32.4. The quantitative estimate of drug-likeness (QED) is 0.777. The molecule has 0 aliphatic heterocycles. The summed E-state index contributed by atoms with van der Waals surface area (Å²) in [4.78, 5) is 1.46. The molecule has 0 aromatic heterocycles. The average molecular weight is 245 g/mol. The Labute approximate surface area is 99.6 Å². The summed E-state index contributed by atoms with van der Waals surface area (Å²) in [6.45, 7) is 2.87. The van der Waals surface area contributed by atoms with Crippen molar-refractivity contribution in [2.75, 3.05) is 31.7 Å². The van der Waals surface area contributed by atoms with Crippen LogP contribution in [-0.4, -0.2) is 31.9 Å². The number of hydrogen-bond acceptors (Lipinski definition) is 3. The minimum Gasteiger partial charge on any atom is -0.392 e. The molecule has 0 aliphatic carbocycles. The zero-order valence-corrected chi connectivity index (χ0v) is 10.0. The Morgan fingerprint density at radius 2 is 1.88 bits per heavy atom. The van der Waals surface area contributed by atoms with E-state index in [2.05, 4.69) is 0 Å². The first-order valence-corrected chi connectivity index (χ1v) is 5.47. The average Bonchev–Trinajstić information content (AvgIpc) is 2.28. The molecule has 1 aromatic carbocycles. The topological polar surface area (TPSA) is 32.7 Å². The molecule has 0 saturated heterocycles. The van der Waals surface area contributed by atoms with Crippen molar-refractivity contribution in [1.82, 2.24) is 0 Å². The fourth-order valence-electron chi connectivity index (χ4n) is 1.53. The van der Waals surface area contributed by atoms with Crippen LogP contribution in [-0.2, 0) is 11.3 Å². The number of ether oxygens (including phenoxy) is 1. The molecule has 96 valence electrons. The molecular weight excluding hydrogens is 228 g/mol. The summed E-state index contributed by atoms with van der Waals surface area (Å²) >= 11 is 0. The highest BCUT2D eigenvalue weighted by molar-refractivity contribution is 5.50. The molecule has 1 N–H and O–H groups in total. The Kier molecular flexibility index (Phi) is 5.31. The van der Waals surface area contributed by atoms with Gasteiger partial charge in [-0.1, -0.05) is 0 Å².